The second-order valence-electron chi connectivity index (χ2n) is 6.10. The minimum absolute atomic E-state index is 0.431. The maximum Gasteiger partial charge on any atom is 0.321 e. The molecule has 0 radical (unpaired) electrons. The second kappa shape index (κ2) is 7.51. The summed E-state index contributed by atoms with van der Waals surface area (Å²) < 4.78 is 11.8. The number of hydrogen-bond acceptors (Lipinski definition) is 3. The van der Waals surface area contributed by atoms with E-state index in [2.05, 4.69) is 5.32 Å². The summed E-state index contributed by atoms with van der Waals surface area (Å²) in [6.07, 6.45) is -0.619. The highest BCUT2D eigenvalue weighted by Crippen LogP contribution is 2.34. The molecular formula is C21H15Cl2NO3. The van der Waals surface area contributed by atoms with Gasteiger partial charge in [-0.25, -0.2) is 0 Å². The van der Waals surface area contributed by atoms with Crippen LogP contribution in [0.15, 0.2) is 66.7 Å². The summed E-state index contributed by atoms with van der Waals surface area (Å²) in [5, 5.41) is 3.84. The number of carbonyl (C=O) groups is 1. The standard InChI is InChI=1S/C21H15Cl2NO3/c22-15-8-6-13-10-14-7-9-16(23)12-19(14)27-21(26-18(13)11-15)20(25)24-17-4-2-1-3-5-17/h1-9,11-12,21H,10H2,(H,24,25). The van der Waals surface area contributed by atoms with E-state index in [0.717, 1.165) is 11.1 Å². The molecule has 3 aromatic rings. The van der Waals surface area contributed by atoms with Crippen molar-refractivity contribution in [2.45, 2.75) is 12.7 Å². The number of hydrogen-bond donors (Lipinski definition) is 1. The van der Waals surface area contributed by atoms with Crippen LogP contribution in [0.25, 0.3) is 0 Å². The minimum atomic E-state index is -1.19. The first kappa shape index (κ1) is 17.7. The summed E-state index contributed by atoms with van der Waals surface area (Å²) in [4.78, 5) is 12.8. The van der Waals surface area contributed by atoms with E-state index in [-0.39, 0.29) is 0 Å². The van der Waals surface area contributed by atoms with Crippen molar-refractivity contribution in [1.82, 2.24) is 0 Å². The number of para-hydroxylation sites is 1. The monoisotopic (exact) mass is 399 g/mol. The molecule has 0 fully saturated rings. The molecule has 3 aromatic carbocycles. The molecule has 0 bridgehead atoms. The Labute approximate surface area is 166 Å². The van der Waals surface area contributed by atoms with Gasteiger partial charge in [-0.15, -0.1) is 0 Å². The first-order valence-electron chi connectivity index (χ1n) is 8.34. The van der Waals surface area contributed by atoms with Gasteiger partial charge in [-0.2, -0.15) is 0 Å². The molecule has 1 aliphatic rings. The van der Waals surface area contributed by atoms with Crippen molar-refractivity contribution < 1.29 is 14.3 Å². The Kier molecular flexibility index (Phi) is 4.92. The third kappa shape index (κ3) is 4.02. The second-order valence-corrected chi connectivity index (χ2v) is 6.98. The molecule has 0 saturated heterocycles. The minimum Gasteiger partial charge on any atom is -0.446 e. The Morgan fingerprint density at radius 3 is 1.96 bits per heavy atom. The number of anilines is 1. The highest BCUT2D eigenvalue weighted by atomic mass is 35.5. The molecule has 0 saturated carbocycles. The molecule has 1 amide bonds. The van der Waals surface area contributed by atoms with E-state index < -0.39 is 12.2 Å². The predicted molar refractivity (Wildman–Crippen MR) is 106 cm³/mol. The summed E-state index contributed by atoms with van der Waals surface area (Å²) >= 11 is 12.2. The Balaban J connectivity index is 1.71. The summed E-state index contributed by atoms with van der Waals surface area (Å²) in [5.74, 6) is 0.590. The van der Waals surface area contributed by atoms with Crippen molar-refractivity contribution in [3.63, 3.8) is 0 Å². The van der Waals surface area contributed by atoms with E-state index in [1.54, 1.807) is 36.4 Å². The third-order valence-corrected chi connectivity index (χ3v) is 4.63. The molecule has 1 N–H and O–H groups in total. The molecule has 0 spiro atoms. The van der Waals surface area contributed by atoms with Crippen LogP contribution in [0.5, 0.6) is 11.5 Å². The zero-order valence-electron chi connectivity index (χ0n) is 14.1. The smallest absolute Gasteiger partial charge is 0.321 e. The van der Waals surface area contributed by atoms with Crippen LogP contribution in [-0.2, 0) is 11.2 Å². The zero-order valence-corrected chi connectivity index (χ0v) is 15.6. The summed E-state index contributed by atoms with van der Waals surface area (Å²) in [5.41, 5.74) is 2.46. The van der Waals surface area contributed by atoms with Gasteiger partial charge in [-0.1, -0.05) is 53.5 Å². The van der Waals surface area contributed by atoms with Crippen molar-refractivity contribution in [1.29, 1.82) is 0 Å². The lowest BCUT2D eigenvalue weighted by Gasteiger charge is -2.25. The maximum atomic E-state index is 12.8. The average Bonchev–Trinajstić information content (AvgIpc) is 2.64. The van der Waals surface area contributed by atoms with Crippen LogP contribution in [0.2, 0.25) is 10.0 Å². The van der Waals surface area contributed by atoms with E-state index >= 15 is 0 Å². The molecule has 0 aliphatic carbocycles. The fraction of sp³-hybridized carbons (Fsp3) is 0.0952. The van der Waals surface area contributed by atoms with Gasteiger partial charge in [-0.05, 0) is 47.5 Å². The molecule has 0 unspecified atom stereocenters. The number of halogens is 2. The Bertz CT molecular complexity index is 938. The number of nitrogens with one attached hydrogen (secondary N) is 1. The van der Waals surface area contributed by atoms with Gasteiger partial charge in [0.15, 0.2) is 0 Å². The highest BCUT2D eigenvalue weighted by Gasteiger charge is 2.27. The van der Waals surface area contributed by atoms with Crippen molar-refractivity contribution >= 4 is 34.8 Å². The molecule has 1 aliphatic heterocycles. The Morgan fingerprint density at radius 2 is 1.41 bits per heavy atom. The molecule has 0 aromatic heterocycles. The molecule has 1 heterocycles. The zero-order chi connectivity index (χ0) is 18.8. The number of rotatable bonds is 2. The maximum absolute atomic E-state index is 12.8. The van der Waals surface area contributed by atoms with Crippen LogP contribution < -0.4 is 14.8 Å². The molecule has 27 heavy (non-hydrogen) atoms. The number of benzene rings is 3. The quantitative estimate of drug-likeness (QED) is 0.634. The van der Waals surface area contributed by atoms with Crippen LogP contribution in [0, 0.1) is 0 Å². The van der Waals surface area contributed by atoms with Crippen molar-refractivity contribution in [2.75, 3.05) is 5.32 Å². The lowest BCUT2D eigenvalue weighted by molar-refractivity contribution is -0.134. The average molecular weight is 400 g/mol. The number of carbonyl (C=O) groups excluding carboxylic acids is 1. The van der Waals surface area contributed by atoms with E-state index in [9.17, 15) is 4.79 Å². The SMILES string of the molecule is O=C(Nc1ccccc1)C1Oc2cc(Cl)ccc2Cc2ccc(Cl)cc2O1. The van der Waals surface area contributed by atoms with Crippen LogP contribution in [-0.4, -0.2) is 12.2 Å². The fourth-order valence-electron chi connectivity index (χ4n) is 2.86. The summed E-state index contributed by atoms with van der Waals surface area (Å²) in [6.45, 7) is 0. The van der Waals surface area contributed by atoms with Crippen molar-refractivity contribution in [2.24, 2.45) is 0 Å². The summed E-state index contributed by atoms with van der Waals surface area (Å²) in [6, 6.07) is 19.8. The van der Waals surface area contributed by atoms with Gasteiger partial charge >= 0.3 is 12.2 Å². The van der Waals surface area contributed by atoms with E-state index in [0.29, 0.717) is 33.7 Å². The van der Waals surface area contributed by atoms with Crippen LogP contribution >= 0.6 is 23.2 Å². The first-order valence-corrected chi connectivity index (χ1v) is 9.10. The van der Waals surface area contributed by atoms with Gasteiger partial charge in [0.25, 0.3) is 0 Å². The van der Waals surface area contributed by atoms with Crippen LogP contribution in [0.3, 0.4) is 0 Å². The third-order valence-electron chi connectivity index (χ3n) is 4.16. The first-order chi connectivity index (χ1) is 13.1. The number of ether oxygens (including phenoxy) is 2. The van der Waals surface area contributed by atoms with Gasteiger partial charge in [0.05, 0.1) is 0 Å². The van der Waals surface area contributed by atoms with Gasteiger partial charge in [-0.3, -0.25) is 4.79 Å². The highest BCUT2D eigenvalue weighted by molar-refractivity contribution is 6.31. The van der Waals surface area contributed by atoms with Crippen molar-refractivity contribution in [3.05, 3.63) is 87.9 Å². The molecule has 4 rings (SSSR count). The van der Waals surface area contributed by atoms with Crippen LogP contribution in [0.4, 0.5) is 5.69 Å². The van der Waals surface area contributed by atoms with Gasteiger partial charge < -0.3 is 14.8 Å². The predicted octanol–water partition coefficient (Wildman–Crippen LogP) is 5.32. The molecule has 4 nitrogen and oxygen atoms in total. The number of amides is 1. The molecule has 136 valence electrons. The van der Waals surface area contributed by atoms with Crippen LogP contribution in [0.1, 0.15) is 11.1 Å². The summed E-state index contributed by atoms with van der Waals surface area (Å²) in [7, 11) is 0. The fourth-order valence-corrected chi connectivity index (χ4v) is 3.18. The topological polar surface area (TPSA) is 47.6 Å². The Morgan fingerprint density at radius 1 is 0.852 bits per heavy atom. The van der Waals surface area contributed by atoms with Gasteiger partial charge in [0.2, 0.25) is 0 Å². The molecular weight excluding hydrogens is 385 g/mol. The van der Waals surface area contributed by atoms with E-state index in [1.807, 2.05) is 30.3 Å². The lowest BCUT2D eigenvalue weighted by atomic mass is 10.0. The van der Waals surface area contributed by atoms with Gasteiger partial charge in [0.1, 0.15) is 11.5 Å². The normalized spacial score (nSPS) is 13.3. The molecule has 6 heteroatoms. The molecule has 0 atom stereocenters. The van der Waals surface area contributed by atoms with Crippen molar-refractivity contribution in [3.8, 4) is 11.5 Å². The van der Waals surface area contributed by atoms with E-state index in [1.165, 1.54) is 0 Å². The lowest BCUT2D eigenvalue weighted by Crippen LogP contribution is -2.39. The van der Waals surface area contributed by atoms with Gasteiger partial charge in [0, 0.05) is 22.2 Å². The number of fused-ring (bicyclic) bond motifs is 2. The Hall–Kier alpha value is -2.69. The largest absolute Gasteiger partial charge is 0.446 e. The van der Waals surface area contributed by atoms with E-state index in [4.69, 9.17) is 32.7 Å².